The van der Waals surface area contributed by atoms with Crippen molar-refractivity contribution in [1.29, 1.82) is 5.26 Å². The Morgan fingerprint density at radius 2 is 2.15 bits per heavy atom. The van der Waals surface area contributed by atoms with Crippen LogP contribution in [0.4, 0.5) is 4.39 Å². The highest BCUT2D eigenvalue weighted by Gasteiger charge is 2.27. The van der Waals surface area contributed by atoms with Crippen LogP contribution in [0.25, 0.3) is 33.5 Å². The van der Waals surface area contributed by atoms with Crippen molar-refractivity contribution in [2.75, 3.05) is 26.2 Å². The van der Waals surface area contributed by atoms with E-state index in [1.165, 1.54) is 12.1 Å². The van der Waals surface area contributed by atoms with Crippen LogP contribution in [0, 0.1) is 17.1 Å². The maximum absolute atomic E-state index is 13.9. The van der Waals surface area contributed by atoms with E-state index < -0.39 is 8.07 Å². The topological polar surface area (TPSA) is 114 Å². The van der Waals surface area contributed by atoms with Crippen molar-refractivity contribution in [1.82, 2.24) is 34.5 Å². The smallest absolute Gasteiger partial charge is 0.255 e. The summed E-state index contributed by atoms with van der Waals surface area (Å²) in [5.74, 6) is -0.590. The van der Waals surface area contributed by atoms with Crippen LogP contribution in [-0.4, -0.2) is 75.5 Å². The van der Waals surface area contributed by atoms with Gasteiger partial charge in [0.2, 0.25) is 0 Å². The van der Waals surface area contributed by atoms with E-state index in [-0.39, 0.29) is 24.5 Å². The molecule has 1 aliphatic heterocycles. The van der Waals surface area contributed by atoms with Gasteiger partial charge in [0, 0.05) is 52.4 Å². The van der Waals surface area contributed by atoms with Gasteiger partial charge < -0.3 is 14.6 Å². The molecule has 0 aliphatic carbocycles. The number of likely N-dealkylation sites (tertiary alicyclic amines) is 1. The van der Waals surface area contributed by atoms with Crippen LogP contribution in [0.2, 0.25) is 25.7 Å². The summed E-state index contributed by atoms with van der Waals surface area (Å²) < 4.78 is 23.3. The zero-order chi connectivity index (χ0) is 27.7. The van der Waals surface area contributed by atoms with E-state index in [0.717, 1.165) is 24.4 Å². The van der Waals surface area contributed by atoms with Crippen LogP contribution in [0.5, 0.6) is 0 Å². The summed E-state index contributed by atoms with van der Waals surface area (Å²) in [5.41, 5.74) is 3.09. The average Bonchev–Trinajstić information content (AvgIpc) is 3.57. The molecule has 1 amide bonds. The van der Waals surface area contributed by atoms with Gasteiger partial charge in [0.1, 0.15) is 29.5 Å². The van der Waals surface area contributed by atoms with Crippen molar-refractivity contribution in [2.24, 2.45) is 7.05 Å². The first-order chi connectivity index (χ1) is 18.6. The van der Waals surface area contributed by atoms with Gasteiger partial charge in [-0.15, -0.1) is 0 Å². The van der Waals surface area contributed by atoms with E-state index in [0.29, 0.717) is 53.3 Å². The summed E-state index contributed by atoms with van der Waals surface area (Å²) in [6.45, 7) is 9.53. The molecule has 4 aromatic rings. The molecule has 1 atom stereocenters. The first kappa shape index (κ1) is 26.9. The number of nitrogens with one attached hydrogen (secondary N) is 1. The maximum atomic E-state index is 13.9. The fraction of sp³-hybridized carbons (Fsp3) is 0.444. The summed E-state index contributed by atoms with van der Waals surface area (Å²) in [5, 5.41) is 17.4. The predicted octanol–water partition coefficient (Wildman–Crippen LogP) is 3.76. The van der Waals surface area contributed by atoms with E-state index >= 15 is 0 Å². The van der Waals surface area contributed by atoms with Crippen LogP contribution < -0.4 is 5.32 Å². The molecule has 1 saturated heterocycles. The van der Waals surface area contributed by atoms with Crippen LogP contribution >= 0.6 is 0 Å². The third-order valence-electron chi connectivity index (χ3n) is 6.99. The van der Waals surface area contributed by atoms with E-state index in [9.17, 15) is 9.18 Å². The summed E-state index contributed by atoms with van der Waals surface area (Å²) in [4.78, 5) is 25.0. The summed E-state index contributed by atoms with van der Waals surface area (Å²) in [6.07, 6.45) is 4.15. The van der Waals surface area contributed by atoms with E-state index in [1.54, 1.807) is 30.2 Å². The van der Waals surface area contributed by atoms with Crippen LogP contribution in [-0.2, 0) is 18.5 Å². The number of hydrogen-bond acceptors (Lipinski definition) is 7. The number of carbonyl (C=O) groups is 1. The molecule has 0 radical (unpaired) electrons. The molecule has 204 valence electrons. The van der Waals surface area contributed by atoms with E-state index in [4.69, 9.17) is 15.0 Å². The summed E-state index contributed by atoms with van der Waals surface area (Å²) in [7, 11) is 0.505. The lowest BCUT2D eigenvalue weighted by Crippen LogP contribution is -2.37. The Morgan fingerprint density at radius 3 is 2.92 bits per heavy atom. The Morgan fingerprint density at radius 1 is 1.33 bits per heavy atom. The molecule has 12 heteroatoms. The lowest BCUT2D eigenvalue weighted by molar-refractivity contribution is 0.0890. The molecule has 4 heterocycles. The van der Waals surface area contributed by atoms with Crippen molar-refractivity contribution in [3.63, 3.8) is 0 Å². The average molecular weight is 549 g/mol. The Hall–Kier alpha value is -3.66. The fourth-order valence-corrected chi connectivity index (χ4v) is 5.61. The lowest BCUT2D eigenvalue weighted by atomic mass is 10.1. The molecule has 0 spiro atoms. The highest BCUT2D eigenvalue weighted by Crippen LogP contribution is 2.29. The fourth-order valence-electron chi connectivity index (χ4n) is 4.85. The third-order valence-corrected chi connectivity index (χ3v) is 8.70. The minimum Gasteiger partial charge on any atom is -0.361 e. The predicted molar refractivity (Wildman–Crippen MR) is 149 cm³/mol. The quantitative estimate of drug-likeness (QED) is 0.192. The molecule has 1 N–H and O–H groups in total. The minimum atomic E-state index is -1.25. The van der Waals surface area contributed by atoms with Crippen molar-refractivity contribution in [2.45, 2.75) is 44.9 Å². The number of nitrogens with zero attached hydrogens (tertiary/aromatic N) is 7. The van der Waals surface area contributed by atoms with Crippen molar-refractivity contribution < 1.29 is 13.9 Å². The zero-order valence-corrected chi connectivity index (χ0v) is 23.7. The van der Waals surface area contributed by atoms with Gasteiger partial charge in [-0.05, 0) is 30.7 Å². The van der Waals surface area contributed by atoms with Gasteiger partial charge in [0.15, 0.2) is 5.65 Å². The maximum Gasteiger partial charge on any atom is 0.255 e. The second-order valence-electron chi connectivity index (χ2n) is 11.3. The molecular formula is C27H33FN8O2Si. The van der Waals surface area contributed by atoms with Gasteiger partial charge in [0.25, 0.3) is 5.91 Å². The molecule has 1 fully saturated rings. The van der Waals surface area contributed by atoms with Crippen molar-refractivity contribution >= 4 is 36.0 Å². The number of fused-ring (bicyclic) bond motifs is 2. The molecule has 1 aromatic carbocycles. The van der Waals surface area contributed by atoms with Gasteiger partial charge >= 0.3 is 0 Å². The number of rotatable bonds is 9. The van der Waals surface area contributed by atoms with Gasteiger partial charge in [0.05, 0.1) is 29.9 Å². The van der Waals surface area contributed by atoms with Gasteiger partial charge in [-0.3, -0.25) is 14.4 Å². The first-order valence-electron chi connectivity index (χ1n) is 13.1. The number of aryl methyl sites for hydroxylation is 1. The zero-order valence-electron chi connectivity index (χ0n) is 22.7. The van der Waals surface area contributed by atoms with Crippen LogP contribution in [0.1, 0.15) is 16.8 Å². The van der Waals surface area contributed by atoms with Gasteiger partial charge in [-0.2, -0.15) is 10.4 Å². The molecule has 0 saturated carbocycles. The highest BCUT2D eigenvalue weighted by molar-refractivity contribution is 6.76. The largest absolute Gasteiger partial charge is 0.361 e. The second kappa shape index (κ2) is 10.8. The monoisotopic (exact) mass is 548 g/mol. The number of amides is 1. The summed E-state index contributed by atoms with van der Waals surface area (Å²) >= 11 is 0. The number of benzene rings is 1. The van der Waals surface area contributed by atoms with Gasteiger partial charge in [-0.25, -0.2) is 14.4 Å². The molecule has 3 aromatic heterocycles. The number of aromatic nitrogens is 5. The second-order valence-corrected chi connectivity index (χ2v) is 16.9. The molecular weight excluding hydrogens is 515 g/mol. The Labute approximate surface area is 227 Å². The Balaban J connectivity index is 1.48. The van der Waals surface area contributed by atoms with Crippen LogP contribution in [0.15, 0.2) is 30.6 Å². The normalized spacial score (nSPS) is 16.3. The molecule has 1 aliphatic rings. The number of carbonyl (C=O) groups excluding carboxylic acids is 1. The SMILES string of the molecule is Cn1nc(-c2cnc3c(n2)c(C(=O)N[C@@H]2CCN(CC#N)C2)cn3COCC[Si](C)(C)C)c2ccc(F)cc21. The van der Waals surface area contributed by atoms with E-state index in [1.807, 2.05) is 9.47 Å². The van der Waals surface area contributed by atoms with E-state index in [2.05, 4.69) is 41.1 Å². The highest BCUT2D eigenvalue weighted by atomic mass is 28.3. The van der Waals surface area contributed by atoms with Crippen molar-refractivity contribution in [3.05, 3.63) is 42.0 Å². The minimum absolute atomic E-state index is 0.0528. The Kier molecular flexibility index (Phi) is 7.48. The first-order valence-corrected chi connectivity index (χ1v) is 16.8. The lowest BCUT2D eigenvalue weighted by Gasteiger charge is -2.15. The molecule has 0 unspecified atom stereocenters. The molecule has 10 nitrogen and oxygen atoms in total. The number of halogens is 1. The Bertz CT molecular complexity index is 1570. The van der Waals surface area contributed by atoms with Gasteiger partial charge in [-0.1, -0.05) is 19.6 Å². The standard InChI is InChI=1S/C27H33FN8O2Si/c1-34-23-13-18(28)5-6-20(23)24(33-34)22-14-30-26-25(32-22)21(16-36(26)17-38-11-12-39(2,3)4)27(37)31-19-7-9-35(15-19)10-8-29/h5-6,13-14,16,19H,7,9-12,15,17H2,1-4H3,(H,31,37)/t19-/m1/s1. The summed E-state index contributed by atoms with van der Waals surface area (Å²) in [6, 6.07) is 7.65. The number of hydrogen-bond donors (Lipinski definition) is 1. The molecule has 39 heavy (non-hydrogen) atoms. The number of nitriles is 1. The third kappa shape index (κ3) is 5.85. The van der Waals surface area contributed by atoms with Crippen LogP contribution in [0.3, 0.4) is 0 Å². The number of ether oxygens (including phenoxy) is 1. The van der Waals surface area contributed by atoms with Crippen molar-refractivity contribution in [3.8, 4) is 17.5 Å². The molecule has 5 rings (SSSR count). The molecule has 0 bridgehead atoms.